The van der Waals surface area contributed by atoms with E-state index in [1.807, 2.05) is 6.07 Å². The van der Waals surface area contributed by atoms with Crippen LogP contribution in [-0.4, -0.2) is 17.3 Å². The SMILES string of the molecule is O=C(NC1CCCCCC1)Oc1ccc2cc[n+](O)cc2c1. The second kappa shape index (κ2) is 6.64. The normalized spacial score (nSPS) is 16.2. The number of pyridine rings is 1. The largest absolute Gasteiger partial charge is 0.412 e. The van der Waals surface area contributed by atoms with Gasteiger partial charge in [0, 0.05) is 16.8 Å². The Morgan fingerprint density at radius 2 is 1.91 bits per heavy atom. The van der Waals surface area contributed by atoms with Gasteiger partial charge < -0.3 is 10.1 Å². The summed E-state index contributed by atoms with van der Waals surface area (Å²) >= 11 is 0. The van der Waals surface area contributed by atoms with Gasteiger partial charge in [0.25, 0.3) is 0 Å². The number of aromatic nitrogens is 1. The molecule has 0 bridgehead atoms. The van der Waals surface area contributed by atoms with Gasteiger partial charge in [-0.2, -0.15) is 0 Å². The number of rotatable bonds is 2. The first kappa shape index (κ1) is 14.6. The van der Waals surface area contributed by atoms with Crippen molar-refractivity contribution in [1.82, 2.24) is 5.32 Å². The Bertz CT molecular complexity index is 664. The summed E-state index contributed by atoms with van der Waals surface area (Å²) in [7, 11) is 0. The Morgan fingerprint density at radius 1 is 1.14 bits per heavy atom. The van der Waals surface area contributed by atoms with Gasteiger partial charge >= 0.3 is 6.09 Å². The van der Waals surface area contributed by atoms with Gasteiger partial charge in [-0.15, -0.1) is 0 Å². The van der Waals surface area contributed by atoms with Crippen molar-refractivity contribution in [2.75, 3.05) is 0 Å². The van der Waals surface area contributed by atoms with Crippen LogP contribution in [0.5, 0.6) is 5.75 Å². The summed E-state index contributed by atoms with van der Waals surface area (Å²) < 4.78 is 6.35. The lowest BCUT2D eigenvalue weighted by Crippen LogP contribution is -2.36. The van der Waals surface area contributed by atoms with Crippen LogP contribution in [0.3, 0.4) is 0 Å². The maximum atomic E-state index is 12.0. The summed E-state index contributed by atoms with van der Waals surface area (Å²) in [6.45, 7) is 0. The van der Waals surface area contributed by atoms with Gasteiger partial charge in [-0.25, -0.2) is 4.79 Å². The Morgan fingerprint density at radius 3 is 2.68 bits per heavy atom. The van der Waals surface area contributed by atoms with E-state index in [9.17, 15) is 10.0 Å². The van der Waals surface area contributed by atoms with Gasteiger partial charge in [-0.05, 0) is 30.4 Å². The minimum atomic E-state index is -0.404. The molecule has 1 aliphatic rings. The lowest BCUT2D eigenvalue weighted by molar-refractivity contribution is -0.903. The van der Waals surface area contributed by atoms with Crippen LogP contribution < -0.4 is 14.8 Å². The number of hydrogen-bond acceptors (Lipinski definition) is 3. The minimum Gasteiger partial charge on any atom is -0.410 e. The first-order valence-corrected chi connectivity index (χ1v) is 7.83. The van der Waals surface area contributed by atoms with Crippen molar-refractivity contribution < 1.29 is 19.5 Å². The first-order valence-electron chi connectivity index (χ1n) is 7.83. The maximum absolute atomic E-state index is 12.0. The summed E-state index contributed by atoms with van der Waals surface area (Å²) in [6.07, 6.45) is 9.60. The fraction of sp³-hybridized carbons (Fsp3) is 0.412. The van der Waals surface area contributed by atoms with Crippen LogP contribution in [0.4, 0.5) is 4.79 Å². The standard InChI is InChI=1S/C17H20N2O3/c20-17(18-15-5-3-1-2-4-6-15)22-16-8-7-13-9-10-19(21)12-14(13)11-16/h7-12,15H,1-6H2,(H-,18,20,21)/p+1. The zero-order valence-electron chi connectivity index (χ0n) is 12.5. The second-order valence-electron chi connectivity index (χ2n) is 5.84. The smallest absolute Gasteiger partial charge is 0.410 e. The molecule has 1 amide bonds. The average Bonchev–Trinajstić information content (AvgIpc) is 2.75. The van der Waals surface area contributed by atoms with E-state index in [2.05, 4.69) is 5.32 Å². The van der Waals surface area contributed by atoms with E-state index in [1.165, 1.54) is 12.8 Å². The van der Waals surface area contributed by atoms with Crippen molar-refractivity contribution >= 4 is 16.9 Å². The highest BCUT2D eigenvalue weighted by molar-refractivity contribution is 5.83. The summed E-state index contributed by atoms with van der Waals surface area (Å²) in [4.78, 5) is 12.0. The van der Waals surface area contributed by atoms with E-state index in [1.54, 1.807) is 30.6 Å². The molecule has 116 valence electrons. The van der Waals surface area contributed by atoms with Crippen molar-refractivity contribution in [2.45, 2.75) is 44.6 Å². The number of carbonyl (C=O) groups excluding carboxylic acids is 1. The molecule has 5 heteroatoms. The van der Waals surface area contributed by atoms with Crippen molar-refractivity contribution in [3.63, 3.8) is 0 Å². The predicted octanol–water partition coefficient (Wildman–Crippen LogP) is 3.18. The molecule has 1 aliphatic carbocycles. The molecule has 2 N–H and O–H groups in total. The minimum absolute atomic E-state index is 0.218. The molecule has 5 nitrogen and oxygen atoms in total. The third-order valence-electron chi connectivity index (χ3n) is 4.12. The van der Waals surface area contributed by atoms with Gasteiger partial charge in [0.1, 0.15) is 5.75 Å². The zero-order valence-corrected chi connectivity index (χ0v) is 12.5. The monoisotopic (exact) mass is 301 g/mol. The first-order chi connectivity index (χ1) is 10.7. The van der Waals surface area contributed by atoms with Crippen molar-refractivity contribution in [3.8, 4) is 5.75 Å². The van der Waals surface area contributed by atoms with Crippen LogP contribution in [0.15, 0.2) is 36.7 Å². The van der Waals surface area contributed by atoms with Crippen molar-refractivity contribution in [2.24, 2.45) is 0 Å². The Labute approximate surface area is 129 Å². The van der Waals surface area contributed by atoms with E-state index in [0.29, 0.717) is 5.75 Å². The molecule has 1 fully saturated rings. The molecule has 22 heavy (non-hydrogen) atoms. The van der Waals surface area contributed by atoms with Crippen LogP contribution in [0, 0.1) is 0 Å². The molecule has 0 saturated heterocycles. The van der Waals surface area contributed by atoms with Crippen LogP contribution in [-0.2, 0) is 0 Å². The third kappa shape index (κ3) is 3.67. The molecular formula is C17H21N2O3+. The van der Waals surface area contributed by atoms with Crippen LogP contribution >= 0.6 is 0 Å². The van der Waals surface area contributed by atoms with E-state index in [0.717, 1.165) is 41.2 Å². The molecule has 0 atom stereocenters. The molecule has 1 heterocycles. The van der Waals surface area contributed by atoms with Crippen molar-refractivity contribution in [1.29, 1.82) is 0 Å². The lowest BCUT2D eigenvalue weighted by Gasteiger charge is -2.15. The topological polar surface area (TPSA) is 62.4 Å². The maximum Gasteiger partial charge on any atom is 0.412 e. The quantitative estimate of drug-likeness (QED) is 0.509. The van der Waals surface area contributed by atoms with Gasteiger partial charge in [0.05, 0.1) is 5.39 Å². The summed E-state index contributed by atoms with van der Waals surface area (Å²) in [6, 6.07) is 7.38. The van der Waals surface area contributed by atoms with Crippen LogP contribution in [0.2, 0.25) is 0 Å². The molecule has 3 rings (SSSR count). The Balaban J connectivity index is 1.65. The number of benzene rings is 1. The number of hydrogen-bond donors (Lipinski definition) is 2. The highest BCUT2D eigenvalue weighted by Crippen LogP contribution is 2.20. The molecule has 1 aromatic carbocycles. The van der Waals surface area contributed by atoms with Gasteiger partial charge in [-0.3, -0.25) is 5.21 Å². The van der Waals surface area contributed by atoms with Crippen molar-refractivity contribution in [3.05, 3.63) is 36.7 Å². The number of fused-ring (bicyclic) bond motifs is 1. The number of nitrogens with zero attached hydrogens (tertiary/aromatic N) is 1. The fourth-order valence-electron chi connectivity index (χ4n) is 2.95. The Hall–Kier alpha value is -2.30. The number of ether oxygens (including phenoxy) is 1. The van der Waals surface area contributed by atoms with Crippen LogP contribution in [0.1, 0.15) is 38.5 Å². The second-order valence-corrected chi connectivity index (χ2v) is 5.84. The number of amides is 1. The summed E-state index contributed by atoms with van der Waals surface area (Å²) in [5.41, 5.74) is 0. The zero-order chi connectivity index (χ0) is 15.4. The van der Waals surface area contributed by atoms with Gasteiger partial charge in [0.15, 0.2) is 0 Å². The molecule has 2 aromatic rings. The molecule has 0 aliphatic heterocycles. The summed E-state index contributed by atoms with van der Waals surface area (Å²) in [5, 5.41) is 14.2. The molecule has 0 spiro atoms. The molecule has 1 saturated carbocycles. The third-order valence-corrected chi connectivity index (χ3v) is 4.12. The fourth-order valence-corrected chi connectivity index (χ4v) is 2.95. The van der Waals surface area contributed by atoms with Gasteiger partial charge in [0.2, 0.25) is 12.4 Å². The van der Waals surface area contributed by atoms with E-state index < -0.39 is 6.09 Å². The summed E-state index contributed by atoms with van der Waals surface area (Å²) in [5.74, 6) is 0.477. The van der Waals surface area contributed by atoms with E-state index in [4.69, 9.17) is 4.74 Å². The number of nitrogens with one attached hydrogen (secondary N) is 1. The van der Waals surface area contributed by atoms with E-state index in [-0.39, 0.29) is 6.04 Å². The van der Waals surface area contributed by atoms with Crippen LogP contribution in [0.25, 0.3) is 10.8 Å². The molecule has 0 unspecified atom stereocenters. The number of carbonyl (C=O) groups is 1. The van der Waals surface area contributed by atoms with Gasteiger partial charge in [-0.1, -0.05) is 31.7 Å². The lowest BCUT2D eigenvalue weighted by atomic mass is 10.1. The molecule has 1 aromatic heterocycles. The molecular weight excluding hydrogens is 280 g/mol. The average molecular weight is 301 g/mol. The predicted molar refractivity (Wildman–Crippen MR) is 82.0 cm³/mol. The highest BCUT2D eigenvalue weighted by Gasteiger charge is 2.16. The molecule has 0 radical (unpaired) electrons. The highest BCUT2D eigenvalue weighted by atomic mass is 16.6. The Kier molecular flexibility index (Phi) is 4.42. The van der Waals surface area contributed by atoms with E-state index >= 15 is 0 Å².